The van der Waals surface area contributed by atoms with E-state index in [2.05, 4.69) is 0 Å². The van der Waals surface area contributed by atoms with E-state index in [4.69, 9.17) is 11.6 Å². The average molecular weight is 373 g/mol. The summed E-state index contributed by atoms with van der Waals surface area (Å²) in [6.07, 6.45) is 0.416. The van der Waals surface area contributed by atoms with Crippen LogP contribution < -0.4 is 0 Å². The maximum absolute atomic E-state index is 13.6. The second-order valence-corrected chi connectivity index (χ2v) is 8.09. The van der Waals surface area contributed by atoms with Crippen LogP contribution in [0.5, 0.6) is 0 Å². The van der Waals surface area contributed by atoms with Gasteiger partial charge in [-0.25, -0.2) is 0 Å². The maximum Gasteiger partial charge on any atom is 0.185 e. The lowest BCUT2D eigenvalue weighted by Gasteiger charge is -2.60. The Balaban J connectivity index is 1.77. The van der Waals surface area contributed by atoms with Gasteiger partial charge >= 0.3 is 0 Å². The number of alkyl halides is 1. The number of hydrogen-bond donors (Lipinski definition) is 0. The number of carbonyl (C=O) groups excluding carboxylic acids is 2. The van der Waals surface area contributed by atoms with E-state index in [1.165, 1.54) is 0 Å². The number of hydrogen-bond acceptors (Lipinski definition) is 2. The fourth-order valence-electron chi connectivity index (χ4n) is 4.96. The zero-order valence-corrected chi connectivity index (χ0v) is 15.3. The summed E-state index contributed by atoms with van der Waals surface area (Å²) in [5.41, 5.74) is 2.39. The van der Waals surface area contributed by atoms with E-state index in [1.54, 1.807) is 24.3 Å². The highest BCUT2D eigenvalue weighted by Crippen LogP contribution is 2.65. The van der Waals surface area contributed by atoms with Gasteiger partial charge < -0.3 is 0 Å². The SMILES string of the molecule is O=C1c2ccccc2C(=O)[C@@]2(Cl)CC(c3ccccc3)(c3ccccc3)[C@@H]12. The Kier molecular flexibility index (Phi) is 3.44. The molecular formula is C24H17ClO2. The molecule has 5 rings (SSSR count). The summed E-state index contributed by atoms with van der Waals surface area (Å²) < 4.78 is 0. The van der Waals surface area contributed by atoms with Gasteiger partial charge in [0.2, 0.25) is 0 Å². The van der Waals surface area contributed by atoms with E-state index in [0.717, 1.165) is 11.1 Å². The van der Waals surface area contributed by atoms with Crippen molar-refractivity contribution in [2.45, 2.75) is 16.7 Å². The topological polar surface area (TPSA) is 34.1 Å². The normalized spacial score (nSPS) is 25.3. The second kappa shape index (κ2) is 5.64. The summed E-state index contributed by atoms with van der Waals surface area (Å²) in [7, 11) is 0. The van der Waals surface area contributed by atoms with Gasteiger partial charge in [-0.1, -0.05) is 84.9 Å². The van der Waals surface area contributed by atoms with E-state index < -0.39 is 16.2 Å². The van der Waals surface area contributed by atoms with Crippen LogP contribution in [0.1, 0.15) is 38.3 Å². The van der Waals surface area contributed by atoms with E-state index in [9.17, 15) is 9.59 Å². The van der Waals surface area contributed by atoms with Gasteiger partial charge in [-0.05, 0) is 17.5 Å². The maximum atomic E-state index is 13.6. The van der Waals surface area contributed by atoms with Crippen molar-refractivity contribution in [1.29, 1.82) is 0 Å². The minimum atomic E-state index is -1.18. The Morgan fingerprint density at radius 1 is 0.704 bits per heavy atom. The fourth-order valence-corrected chi connectivity index (χ4v) is 5.56. The molecule has 0 aromatic heterocycles. The quantitative estimate of drug-likeness (QED) is 0.590. The van der Waals surface area contributed by atoms with Crippen LogP contribution in [0.2, 0.25) is 0 Å². The Hall–Kier alpha value is -2.71. The molecule has 3 aromatic rings. The van der Waals surface area contributed by atoms with Crippen LogP contribution in [-0.4, -0.2) is 16.4 Å². The summed E-state index contributed by atoms with van der Waals surface area (Å²) in [6, 6.07) is 26.9. The van der Waals surface area contributed by atoms with Crippen molar-refractivity contribution in [2.24, 2.45) is 5.92 Å². The lowest BCUT2D eigenvalue weighted by molar-refractivity contribution is 0.0427. The molecule has 0 N–H and O–H groups in total. The van der Waals surface area contributed by atoms with Gasteiger partial charge in [-0.2, -0.15) is 0 Å². The van der Waals surface area contributed by atoms with Gasteiger partial charge in [-0.3, -0.25) is 9.59 Å². The summed E-state index contributed by atoms with van der Waals surface area (Å²) >= 11 is 6.90. The molecule has 1 saturated carbocycles. The highest BCUT2D eigenvalue weighted by atomic mass is 35.5. The molecule has 2 nitrogen and oxygen atoms in total. The van der Waals surface area contributed by atoms with Crippen LogP contribution in [0.4, 0.5) is 0 Å². The third-order valence-electron chi connectivity index (χ3n) is 6.14. The van der Waals surface area contributed by atoms with E-state index in [-0.39, 0.29) is 11.6 Å². The first-order valence-electron chi connectivity index (χ1n) is 9.07. The Labute approximate surface area is 162 Å². The minimum Gasteiger partial charge on any atom is -0.294 e. The minimum absolute atomic E-state index is 0.0424. The van der Waals surface area contributed by atoms with Crippen LogP contribution in [0.15, 0.2) is 84.9 Å². The third kappa shape index (κ3) is 2.02. The third-order valence-corrected chi connectivity index (χ3v) is 6.66. The van der Waals surface area contributed by atoms with Crippen LogP contribution in [0.25, 0.3) is 0 Å². The molecule has 0 spiro atoms. The summed E-state index contributed by atoms with van der Waals surface area (Å²) in [4.78, 5) is 25.6. The summed E-state index contributed by atoms with van der Waals surface area (Å²) in [5, 5.41) is 0. The largest absolute Gasteiger partial charge is 0.294 e. The van der Waals surface area contributed by atoms with Gasteiger partial charge in [0.05, 0.1) is 5.92 Å². The number of carbonyl (C=O) groups is 2. The van der Waals surface area contributed by atoms with Crippen molar-refractivity contribution in [3.8, 4) is 0 Å². The van der Waals surface area contributed by atoms with Crippen LogP contribution in [-0.2, 0) is 5.41 Å². The van der Waals surface area contributed by atoms with E-state index in [0.29, 0.717) is 17.5 Å². The van der Waals surface area contributed by atoms with Crippen LogP contribution >= 0.6 is 11.6 Å². The lowest BCUT2D eigenvalue weighted by Crippen LogP contribution is -2.69. The molecule has 0 unspecified atom stereocenters. The fraction of sp³-hybridized carbons (Fsp3) is 0.167. The molecule has 1 fully saturated rings. The monoisotopic (exact) mass is 372 g/mol. The van der Waals surface area contributed by atoms with Crippen molar-refractivity contribution in [3.63, 3.8) is 0 Å². The number of fused-ring (bicyclic) bond motifs is 2. The number of ketones is 2. The standard InChI is InChI=1S/C24H17ClO2/c25-24-15-23(16-9-3-1-4-10-16,17-11-5-2-6-12-17)21(24)20(26)18-13-7-8-14-19(18)22(24)27/h1-14,21H,15H2/t21-,24-/m1/s1. The molecule has 27 heavy (non-hydrogen) atoms. The van der Waals surface area contributed by atoms with Crippen molar-refractivity contribution in [1.82, 2.24) is 0 Å². The molecule has 0 heterocycles. The zero-order chi connectivity index (χ0) is 18.6. The highest BCUT2D eigenvalue weighted by molar-refractivity contribution is 6.44. The van der Waals surface area contributed by atoms with Gasteiger partial charge in [-0.15, -0.1) is 11.6 Å². The molecule has 2 atom stereocenters. The molecule has 0 bridgehead atoms. The second-order valence-electron chi connectivity index (χ2n) is 7.41. The Bertz CT molecular complexity index is 1020. The first-order valence-corrected chi connectivity index (χ1v) is 9.45. The number of benzene rings is 3. The van der Waals surface area contributed by atoms with Gasteiger partial charge in [0.15, 0.2) is 11.6 Å². The summed E-state index contributed by atoms with van der Waals surface area (Å²) in [6.45, 7) is 0. The molecule has 0 radical (unpaired) electrons. The van der Waals surface area contributed by atoms with E-state index >= 15 is 0 Å². The smallest absolute Gasteiger partial charge is 0.185 e. The molecular weight excluding hydrogens is 356 g/mol. The van der Waals surface area contributed by atoms with Crippen LogP contribution in [0.3, 0.4) is 0 Å². The summed E-state index contributed by atoms with van der Waals surface area (Å²) in [5.74, 6) is -0.787. The molecule has 0 saturated heterocycles. The van der Waals surface area contributed by atoms with Crippen molar-refractivity contribution >= 4 is 23.2 Å². The lowest BCUT2D eigenvalue weighted by atomic mass is 9.43. The Morgan fingerprint density at radius 3 is 1.74 bits per heavy atom. The molecule has 3 heteroatoms. The van der Waals surface area contributed by atoms with Crippen LogP contribution in [0, 0.1) is 5.92 Å². The first kappa shape index (κ1) is 16.5. The number of rotatable bonds is 2. The molecule has 0 aliphatic heterocycles. The number of halogens is 1. The van der Waals surface area contributed by atoms with Crippen molar-refractivity contribution < 1.29 is 9.59 Å². The molecule has 2 aliphatic carbocycles. The van der Waals surface area contributed by atoms with Gasteiger partial charge in [0.25, 0.3) is 0 Å². The average Bonchev–Trinajstić information content (AvgIpc) is 2.71. The van der Waals surface area contributed by atoms with Crippen molar-refractivity contribution in [2.75, 3.05) is 0 Å². The molecule has 2 aliphatic rings. The first-order chi connectivity index (χ1) is 13.1. The molecule has 3 aromatic carbocycles. The zero-order valence-electron chi connectivity index (χ0n) is 14.6. The number of Topliss-reactive ketones (excluding diaryl/α,β-unsaturated/α-hetero) is 2. The van der Waals surface area contributed by atoms with E-state index in [1.807, 2.05) is 60.7 Å². The predicted octanol–water partition coefficient (Wildman–Crippen LogP) is 5.05. The van der Waals surface area contributed by atoms with Gasteiger partial charge in [0, 0.05) is 16.5 Å². The van der Waals surface area contributed by atoms with Gasteiger partial charge in [0.1, 0.15) is 4.87 Å². The molecule has 132 valence electrons. The van der Waals surface area contributed by atoms with Crippen molar-refractivity contribution in [3.05, 3.63) is 107 Å². The highest BCUT2D eigenvalue weighted by Gasteiger charge is 2.72. The Morgan fingerprint density at radius 2 is 1.19 bits per heavy atom. The molecule has 0 amide bonds. The predicted molar refractivity (Wildman–Crippen MR) is 105 cm³/mol.